The third-order valence-corrected chi connectivity index (χ3v) is 2.91. The highest BCUT2D eigenvalue weighted by molar-refractivity contribution is 5.55. The predicted octanol–water partition coefficient (Wildman–Crippen LogP) is 2.47. The number of anilines is 1. The minimum absolute atomic E-state index is 0.0207. The molecule has 0 unspecified atom stereocenters. The van der Waals surface area contributed by atoms with Crippen LogP contribution in [0.5, 0.6) is 11.5 Å². The van der Waals surface area contributed by atoms with E-state index in [4.69, 9.17) is 15.3 Å². The van der Waals surface area contributed by atoms with Gasteiger partial charge in [-0.3, -0.25) is 16.0 Å². The Morgan fingerprint density at radius 2 is 1.95 bits per heavy atom. The van der Waals surface area contributed by atoms with Gasteiger partial charge in [-0.2, -0.15) is 0 Å². The van der Waals surface area contributed by atoms with Crippen molar-refractivity contribution in [1.29, 1.82) is 0 Å². The molecule has 0 amide bonds. The van der Waals surface area contributed by atoms with Crippen molar-refractivity contribution >= 4 is 11.4 Å². The van der Waals surface area contributed by atoms with E-state index in [1.807, 2.05) is 12.1 Å². The molecular weight excluding hydrogens is 274 g/mol. The molecule has 2 rings (SSSR count). The van der Waals surface area contributed by atoms with Crippen LogP contribution < -0.4 is 20.7 Å². The van der Waals surface area contributed by atoms with Gasteiger partial charge in [0.25, 0.3) is 5.69 Å². The van der Waals surface area contributed by atoms with Crippen molar-refractivity contribution in [3.8, 4) is 11.5 Å². The molecule has 0 aliphatic heterocycles. The van der Waals surface area contributed by atoms with Crippen molar-refractivity contribution < 1.29 is 14.4 Å². The first kappa shape index (κ1) is 14.6. The first-order valence-corrected chi connectivity index (χ1v) is 6.15. The average Bonchev–Trinajstić information content (AvgIpc) is 2.52. The SMILES string of the molecule is COc1ccccc1OCc1cc([N+](=O)[O-])ccc1NN. The minimum atomic E-state index is -0.465. The number of nitrogen functional groups attached to an aromatic ring is 1. The highest BCUT2D eigenvalue weighted by atomic mass is 16.6. The zero-order valence-electron chi connectivity index (χ0n) is 11.4. The lowest BCUT2D eigenvalue weighted by molar-refractivity contribution is -0.384. The molecule has 2 aromatic carbocycles. The second kappa shape index (κ2) is 6.58. The number of nitro groups is 1. The Balaban J connectivity index is 2.22. The first-order valence-electron chi connectivity index (χ1n) is 6.15. The molecule has 7 heteroatoms. The smallest absolute Gasteiger partial charge is 0.269 e. The van der Waals surface area contributed by atoms with Crippen LogP contribution in [0, 0.1) is 10.1 Å². The third kappa shape index (κ3) is 3.40. The Kier molecular flexibility index (Phi) is 4.57. The molecule has 0 heterocycles. The van der Waals surface area contributed by atoms with Crippen molar-refractivity contribution in [2.75, 3.05) is 12.5 Å². The Labute approximate surface area is 121 Å². The van der Waals surface area contributed by atoms with E-state index in [-0.39, 0.29) is 12.3 Å². The highest BCUT2D eigenvalue weighted by Gasteiger charge is 2.12. The number of hydrogen-bond donors (Lipinski definition) is 2. The fourth-order valence-electron chi connectivity index (χ4n) is 1.85. The quantitative estimate of drug-likeness (QED) is 0.481. The molecule has 0 fully saturated rings. The Hall–Kier alpha value is -2.80. The molecule has 0 aromatic heterocycles. The summed E-state index contributed by atoms with van der Waals surface area (Å²) in [5.74, 6) is 6.54. The maximum Gasteiger partial charge on any atom is 0.269 e. The van der Waals surface area contributed by atoms with Gasteiger partial charge < -0.3 is 14.9 Å². The van der Waals surface area contributed by atoms with Gasteiger partial charge in [-0.05, 0) is 18.2 Å². The number of hydrogen-bond acceptors (Lipinski definition) is 6. The molecule has 0 atom stereocenters. The summed E-state index contributed by atoms with van der Waals surface area (Å²) < 4.78 is 10.8. The fraction of sp³-hybridized carbons (Fsp3) is 0.143. The van der Waals surface area contributed by atoms with Crippen molar-refractivity contribution in [2.24, 2.45) is 5.84 Å². The van der Waals surface area contributed by atoms with Gasteiger partial charge in [-0.1, -0.05) is 12.1 Å². The average molecular weight is 289 g/mol. The molecule has 0 spiro atoms. The van der Waals surface area contributed by atoms with Crippen molar-refractivity contribution in [3.63, 3.8) is 0 Å². The summed E-state index contributed by atoms with van der Waals surface area (Å²) in [6.45, 7) is 0.127. The molecule has 2 aromatic rings. The lowest BCUT2D eigenvalue weighted by atomic mass is 10.1. The van der Waals surface area contributed by atoms with Gasteiger partial charge >= 0.3 is 0 Å². The maximum absolute atomic E-state index is 10.8. The maximum atomic E-state index is 10.8. The van der Waals surface area contributed by atoms with Gasteiger partial charge in [0.15, 0.2) is 11.5 Å². The largest absolute Gasteiger partial charge is 0.493 e. The third-order valence-electron chi connectivity index (χ3n) is 2.91. The molecule has 21 heavy (non-hydrogen) atoms. The van der Waals surface area contributed by atoms with Gasteiger partial charge in [0.2, 0.25) is 0 Å². The van der Waals surface area contributed by atoms with E-state index >= 15 is 0 Å². The molecule has 0 radical (unpaired) electrons. The Morgan fingerprint density at radius 3 is 2.57 bits per heavy atom. The van der Waals surface area contributed by atoms with Crippen LogP contribution in [0.1, 0.15) is 5.56 Å². The van der Waals surface area contributed by atoms with E-state index in [0.29, 0.717) is 22.7 Å². The number of ether oxygens (including phenoxy) is 2. The van der Waals surface area contributed by atoms with Gasteiger partial charge in [0.05, 0.1) is 17.7 Å². The molecule has 0 bridgehead atoms. The molecule has 3 N–H and O–H groups in total. The molecule has 110 valence electrons. The van der Waals surface area contributed by atoms with Gasteiger partial charge in [0.1, 0.15) is 6.61 Å². The Bertz CT molecular complexity index is 646. The monoisotopic (exact) mass is 289 g/mol. The summed E-state index contributed by atoms with van der Waals surface area (Å²) >= 11 is 0. The summed E-state index contributed by atoms with van der Waals surface area (Å²) in [6, 6.07) is 11.5. The molecule has 7 nitrogen and oxygen atoms in total. The molecular formula is C14H15N3O4. The number of nitrogens with zero attached hydrogens (tertiary/aromatic N) is 1. The van der Waals surface area contributed by atoms with Crippen LogP contribution >= 0.6 is 0 Å². The molecule has 0 aliphatic rings. The summed E-state index contributed by atoms with van der Waals surface area (Å²) in [6.07, 6.45) is 0. The standard InChI is InChI=1S/C14H15N3O4/c1-20-13-4-2-3-5-14(13)21-9-10-8-11(17(18)19)6-7-12(10)16-15/h2-8,16H,9,15H2,1H3. The lowest BCUT2D eigenvalue weighted by Gasteiger charge is -2.12. The number of hydrazine groups is 1. The normalized spacial score (nSPS) is 10.0. The fourth-order valence-corrected chi connectivity index (χ4v) is 1.85. The Morgan fingerprint density at radius 1 is 1.24 bits per heavy atom. The second-order valence-corrected chi connectivity index (χ2v) is 4.18. The van der Waals surface area contributed by atoms with Crippen molar-refractivity contribution in [2.45, 2.75) is 6.61 Å². The van der Waals surface area contributed by atoms with E-state index in [9.17, 15) is 10.1 Å². The van der Waals surface area contributed by atoms with E-state index in [1.54, 1.807) is 25.3 Å². The number of para-hydroxylation sites is 2. The minimum Gasteiger partial charge on any atom is -0.493 e. The second-order valence-electron chi connectivity index (χ2n) is 4.18. The number of rotatable bonds is 6. The summed E-state index contributed by atoms with van der Waals surface area (Å²) in [4.78, 5) is 10.4. The van der Waals surface area contributed by atoms with Crippen LogP contribution in [-0.4, -0.2) is 12.0 Å². The number of nitro benzene ring substituents is 1. The van der Waals surface area contributed by atoms with Crippen LogP contribution in [0.4, 0.5) is 11.4 Å². The summed E-state index contributed by atoms with van der Waals surface area (Å²) in [7, 11) is 1.54. The topological polar surface area (TPSA) is 99.6 Å². The number of non-ortho nitro benzene ring substituents is 1. The van der Waals surface area contributed by atoms with E-state index in [2.05, 4.69) is 5.43 Å². The molecule has 0 saturated carbocycles. The van der Waals surface area contributed by atoms with Crippen molar-refractivity contribution in [3.05, 3.63) is 58.1 Å². The van der Waals surface area contributed by atoms with Crippen LogP contribution in [0.15, 0.2) is 42.5 Å². The van der Waals surface area contributed by atoms with E-state index < -0.39 is 4.92 Å². The lowest BCUT2D eigenvalue weighted by Crippen LogP contribution is -2.11. The summed E-state index contributed by atoms with van der Waals surface area (Å²) in [5, 5.41) is 10.8. The van der Waals surface area contributed by atoms with Crippen LogP contribution in [-0.2, 0) is 6.61 Å². The van der Waals surface area contributed by atoms with E-state index in [1.165, 1.54) is 12.1 Å². The van der Waals surface area contributed by atoms with Gasteiger partial charge in [0, 0.05) is 17.7 Å². The van der Waals surface area contributed by atoms with Crippen LogP contribution in [0.25, 0.3) is 0 Å². The molecule has 0 aliphatic carbocycles. The van der Waals surface area contributed by atoms with Gasteiger partial charge in [-0.25, -0.2) is 0 Å². The van der Waals surface area contributed by atoms with Gasteiger partial charge in [-0.15, -0.1) is 0 Å². The number of methoxy groups -OCH3 is 1. The van der Waals surface area contributed by atoms with E-state index in [0.717, 1.165) is 0 Å². The number of nitrogens with two attached hydrogens (primary N) is 1. The van der Waals surface area contributed by atoms with Crippen LogP contribution in [0.2, 0.25) is 0 Å². The molecule has 0 saturated heterocycles. The zero-order chi connectivity index (χ0) is 15.2. The summed E-state index contributed by atoms with van der Waals surface area (Å²) in [5.41, 5.74) is 3.62. The van der Waals surface area contributed by atoms with Crippen LogP contribution in [0.3, 0.4) is 0 Å². The zero-order valence-corrected chi connectivity index (χ0v) is 11.4. The predicted molar refractivity (Wildman–Crippen MR) is 78.2 cm³/mol. The van der Waals surface area contributed by atoms with Crippen molar-refractivity contribution in [1.82, 2.24) is 0 Å². The number of benzene rings is 2. The number of nitrogens with one attached hydrogen (secondary N) is 1. The first-order chi connectivity index (χ1) is 10.2. The highest BCUT2D eigenvalue weighted by Crippen LogP contribution is 2.28.